The van der Waals surface area contributed by atoms with Crippen LogP contribution in [0.1, 0.15) is 12.8 Å². The Hall–Kier alpha value is -1.01. The summed E-state index contributed by atoms with van der Waals surface area (Å²) < 4.78 is 31.8. The fourth-order valence-corrected chi connectivity index (χ4v) is 1.93. The molecule has 1 aromatic carbocycles. The fraction of sp³-hybridized carbons (Fsp3) is 0.364. The van der Waals surface area contributed by atoms with Crippen molar-refractivity contribution in [2.45, 2.75) is 18.9 Å². The van der Waals surface area contributed by atoms with Crippen molar-refractivity contribution in [2.24, 2.45) is 0 Å². The van der Waals surface area contributed by atoms with Crippen molar-refractivity contribution in [2.75, 3.05) is 11.9 Å². The highest BCUT2D eigenvalue weighted by atomic mass is 79.9. The standard InChI is InChI=1S/C11H10BrF2NO2/c12-6-4-8(14)9(5-7(6)13)15-11(16)10-2-1-3-17-10/h4-5,10H,1-3H2,(H,15,16)/t10-/m0/s1. The first-order chi connectivity index (χ1) is 8.08. The van der Waals surface area contributed by atoms with Crippen LogP contribution < -0.4 is 5.32 Å². The van der Waals surface area contributed by atoms with E-state index in [-0.39, 0.29) is 10.2 Å². The van der Waals surface area contributed by atoms with Gasteiger partial charge in [-0.3, -0.25) is 4.79 Å². The number of amides is 1. The summed E-state index contributed by atoms with van der Waals surface area (Å²) in [7, 11) is 0. The molecular formula is C11H10BrF2NO2. The minimum Gasteiger partial charge on any atom is -0.368 e. The lowest BCUT2D eigenvalue weighted by molar-refractivity contribution is -0.124. The van der Waals surface area contributed by atoms with Gasteiger partial charge in [0.25, 0.3) is 5.91 Å². The summed E-state index contributed by atoms with van der Waals surface area (Å²) >= 11 is 2.86. The van der Waals surface area contributed by atoms with Crippen molar-refractivity contribution in [3.8, 4) is 0 Å². The van der Waals surface area contributed by atoms with Crippen LogP contribution in [0.25, 0.3) is 0 Å². The van der Waals surface area contributed by atoms with E-state index in [2.05, 4.69) is 21.2 Å². The van der Waals surface area contributed by atoms with Crippen LogP contribution in [0.5, 0.6) is 0 Å². The molecule has 1 fully saturated rings. The first-order valence-electron chi connectivity index (χ1n) is 5.15. The molecule has 1 N–H and O–H groups in total. The van der Waals surface area contributed by atoms with Gasteiger partial charge >= 0.3 is 0 Å². The number of hydrogen-bond acceptors (Lipinski definition) is 2. The van der Waals surface area contributed by atoms with Crippen molar-refractivity contribution >= 4 is 27.5 Å². The van der Waals surface area contributed by atoms with E-state index in [0.717, 1.165) is 18.6 Å². The number of hydrogen-bond donors (Lipinski definition) is 1. The summed E-state index contributed by atoms with van der Waals surface area (Å²) in [5.74, 6) is -1.76. The smallest absolute Gasteiger partial charge is 0.253 e. The summed E-state index contributed by atoms with van der Waals surface area (Å²) in [6.45, 7) is 0.523. The third kappa shape index (κ3) is 2.81. The number of rotatable bonds is 2. The molecule has 1 atom stereocenters. The summed E-state index contributed by atoms with van der Waals surface area (Å²) in [5.41, 5.74) is -0.175. The van der Waals surface area contributed by atoms with Crippen LogP contribution in [-0.2, 0) is 9.53 Å². The largest absolute Gasteiger partial charge is 0.368 e. The monoisotopic (exact) mass is 305 g/mol. The molecule has 1 amide bonds. The van der Waals surface area contributed by atoms with Crippen LogP contribution in [0.4, 0.5) is 14.5 Å². The summed E-state index contributed by atoms with van der Waals surface area (Å²) in [5, 5.41) is 2.32. The third-order valence-corrected chi connectivity index (χ3v) is 3.10. The van der Waals surface area contributed by atoms with Crippen LogP contribution in [0, 0.1) is 11.6 Å². The molecule has 0 unspecified atom stereocenters. The zero-order valence-electron chi connectivity index (χ0n) is 8.80. The van der Waals surface area contributed by atoms with Gasteiger partial charge in [-0.1, -0.05) is 0 Å². The number of ether oxygens (including phenoxy) is 1. The number of anilines is 1. The summed E-state index contributed by atoms with van der Waals surface area (Å²) in [4.78, 5) is 11.6. The van der Waals surface area contributed by atoms with Gasteiger partial charge < -0.3 is 10.1 Å². The maximum absolute atomic E-state index is 13.4. The molecule has 1 aliphatic rings. The van der Waals surface area contributed by atoms with Gasteiger partial charge in [0.15, 0.2) is 0 Å². The van der Waals surface area contributed by atoms with Crippen molar-refractivity contribution in [3.05, 3.63) is 28.2 Å². The van der Waals surface area contributed by atoms with Crippen LogP contribution in [0.2, 0.25) is 0 Å². The molecule has 1 aliphatic heterocycles. The minimum atomic E-state index is -0.690. The second kappa shape index (κ2) is 5.10. The van der Waals surface area contributed by atoms with E-state index in [0.29, 0.717) is 13.0 Å². The molecule has 1 saturated heterocycles. The zero-order chi connectivity index (χ0) is 12.4. The number of carbonyl (C=O) groups is 1. The van der Waals surface area contributed by atoms with Gasteiger partial charge in [0.2, 0.25) is 0 Å². The number of nitrogens with one attached hydrogen (secondary N) is 1. The Morgan fingerprint density at radius 3 is 2.82 bits per heavy atom. The first-order valence-corrected chi connectivity index (χ1v) is 5.94. The molecule has 0 aromatic heterocycles. The molecule has 0 bridgehead atoms. The molecule has 0 radical (unpaired) electrons. The highest BCUT2D eigenvalue weighted by Crippen LogP contribution is 2.24. The van der Waals surface area contributed by atoms with Crippen molar-refractivity contribution < 1.29 is 18.3 Å². The second-order valence-electron chi connectivity index (χ2n) is 3.74. The molecule has 0 spiro atoms. The van der Waals surface area contributed by atoms with Crippen LogP contribution in [0.3, 0.4) is 0 Å². The number of benzene rings is 1. The Morgan fingerprint density at radius 2 is 2.18 bits per heavy atom. The Balaban J connectivity index is 2.12. The zero-order valence-corrected chi connectivity index (χ0v) is 10.4. The van der Waals surface area contributed by atoms with Gasteiger partial charge in [0.1, 0.15) is 17.7 Å². The highest BCUT2D eigenvalue weighted by molar-refractivity contribution is 9.10. The predicted molar refractivity (Wildman–Crippen MR) is 61.7 cm³/mol. The average molecular weight is 306 g/mol. The molecule has 1 aromatic rings. The lowest BCUT2D eigenvalue weighted by Gasteiger charge is -2.11. The quantitative estimate of drug-likeness (QED) is 0.853. The van der Waals surface area contributed by atoms with Gasteiger partial charge in [0, 0.05) is 12.7 Å². The Kier molecular flexibility index (Phi) is 3.73. The molecule has 0 aliphatic carbocycles. The van der Waals surface area contributed by atoms with Crippen molar-refractivity contribution in [1.82, 2.24) is 0 Å². The lowest BCUT2D eigenvalue weighted by Crippen LogP contribution is -2.27. The van der Waals surface area contributed by atoms with Gasteiger partial charge in [0.05, 0.1) is 10.2 Å². The molecule has 17 heavy (non-hydrogen) atoms. The SMILES string of the molecule is O=C(Nc1cc(F)c(Br)cc1F)[C@@H]1CCCO1. The van der Waals surface area contributed by atoms with Gasteiger partial charge in [-0.25, -0.2) is 8.78 Å². The minimum absolute atomic E-state index is 0.0186. The third-order valence-electron chi connectivity index (χ3n) is 2.49. The second-order valence-corrected chi connectivity index (χ2v) is 4.59. The van der Waals surface area contributed by atoms with E-state index in [1.807, 2.05) is 0 Å². The molecule has 1 heterocycles. The number of halogens is 3. The topological polar surface area (TPSA) is 38.3 Å². The van der Waals surface area contributed by atoms with E-state index in [1.165, 1.54) is 0 Å². The maximum Gasteiger partial charge on any atom is 0.253 e. The van der Waals surface area contributed by atoms with Gasteiger partial charge in [-0.15, -0.1) is 0 Å². The molecule has 2 rings (SSSR count). The molecule has 6 heteroatoms. The molecule has 3 nitrogen and oxygen atoms in total. The van der Waals surface area contributed by atoms with E-state index >= 15 is 0 Å². The summed E-state index contributed by atoms with van der Waals surface area (Å²) in [6, 6.07) is 1.91. The highest BCUT2D eigenvalue weighted by Gasteiger charge is 2.24. The Labute approximate surface area is 105 Å². The van der Waals surface area contributed by atoms with Crippen molar-refractivity contribution in [1.29, 1.82) is 0 Å². The average Bonchev–Trinajstić information content (AvgIpc) is 2.79. The van der Waals surface area contributed by atoms with Crippen molar-refractivity contribution in [3.63, 3.8) is 0 Å². The first kappa shape index (κ1) is 12.4. The Morgan fingerprint density at radius 1 is 1.41 bits per heavy atom. The predicted octanol–water partition coefficient (Wildman–Crippen LogP) is 2.84. The van der Waals surface area contributed by atoms with Crippen LogP contribution >= 0.6 is 15.9 Å². The van der Waals surface area contributed by atoms with E-state index in [1.54, 1.807) is 0 Å². The fourth-order valence-electron chi connectivity index (χ4n) is 1.62. The molecule has 0 saturated carbocycles. The lowest BCUT2D eigenvalue weighted by atomic mass is 10.2. The normalized spacial score (nSPS) is 19.4. The Bertz CT molecular complexity index is 447. The van der Waals surface area contributed by atoms with E-state index < -0.39 is 23.6 Å². The summed E-state index contributed by atoms with van der Waals surface area (Å²) in [6.07, 6.45) is 0.836. The number of carbonyl (C=O) groups excluding carboxylic acids is 1. The van der Waals surface area contributed by atoms with Crippen LogP contribution in [0.15, 0.2) is 16.6 Å². The van der Waals surface area contributed by atoms with Gasteiger partial charge in [-0.05, 0) is 34.8 Å². The van der Waals surface area contributed by atoms with Gasteiger partial charge in [-0.2, -0.15) is 0 Å². The molecule has 92 valence electrons. The van der Waals surface area contributed by atoms with E-state index in [4.69, 9.17) is 4.74 Å². The van der Waals surface area contributed by atoms with Crippen LogP contribution in [-0.4, -0.2) is 18.6 Å². The molecular weight excluding hydrogens is 296 g/mol. The van der Waals surface area contributed by atoms with E-state index in [9.17, 15) is 13.6 Å². The maximum atomic E-state index is 13.4.